The van der Waals surface area contributed by atoms with Crippen molar-refractivity contribution in [3.05, 3.63) is 12.3 Å². The van der Waals surface area contributed by atoms with Crippen LogP contribution in [-0.2, 0) is 0 Å². The Balaban J connectivity index is 3.28. The summed E-state index contributed by atoms with van der Waals surface area (Å²) in [5.74, 6) is 0. The van der Waals surface area contributed by atoms with Crippen molar-refractivity contribution in [3.63, 3.8) is 0 Å². The lowest BCUT2D eigenvalue weighted by atomic mass is 10.5. The van der Waals surface area contributed by atoms with Crippen molar-refractivity contribution in [2.45, 2.75) is 20.3 Å². The first-order valence-corrected chi connectivity index (χ1v) is 5.13. The van der Waals surface area contributed by atoms with Gasteiger partial charge in [-0.2, -0.15) is 0 Å². The van der Waals surface area contributed by atoms with Gasteiger partial charge in [0.25, 0.3) is 0 Å². The van der Waals surface area contributed by atoms with Crippen LogP contribution >= 0.6 is 0 Å². The molecule has 0 aromatic carbocycles. The van der Waals surface area contributed by atoms with Gasteiger partial charge in [0.15, 0.2) is 0 Å². The smallest absolute Gasteiger partial charge is 0.119 e. The van der Waals surface area contributed by atoms with Gasteiger partial charge in [-0.25, -0.2) is 0 Å². The molecule has 0 atom stereocenters. The minimum atomic E-state index is -0.0781. The van der Waals surface area contributed by atoms with Crippen molar-refractivity contribution in [2.75, 3.05) is 13.1 Å². The molecular formula is C7H17NSi. The van der Waals surface area contributed by atoms with Crippen LogP contribution in [0.2, 0.25) is 0 Å². The summed E-state index contributed by atoms with van der Waals surface area (Å²) in [6, 6.07) is 0. The number of hydrogen-bond donors (Lipinski definition) is 0. The number of rotatable bonds is 5. The lowest BCUT2D eigenvalue weighted by molar-refractivity contribution is 0.469. The second-order valence-corrected chi connectivity index (χ2v) is 4.02. The SMILES string of the molecule is C=C[SiH2]N(CC)CCC. The molecule has 0 spiro atoms. The number of nitrogens with zero attached hydrogens (tertiary/aromatic N) is 1. The van der Waals surface area contributed by atoms with Gasteiger partial charge in [-0.1, -0.05) is 19.5 Å². The molecule has 54 valence electrons. The minimum absolute atomic E-state index is 0.0781. The van der Waals surface area contributed by atoms with E-state index in [0.717, 1.165) is 0 Å². The summed E-state index contributed by atoms with van der Waals surface area (Å²) < 4.78 is 2.51. The second kappa shape index (κ2) is 6.04. The molecule has 0 aromatic rings. The van der Waals surface area contributed by atoms with Gasteiger partial charge >= 0.3 is 0 Å². The summed E-state index contributed by atoms with van der Waals surface area (Å²) in [7, 11) is -0.0781. The van der Waals surface area contributed by atoms with Crippen molar-refractivity contribution in [2.24, 2.45) is 0 Å². The van der Waals surface area contributed by atoms with E-state index in [1.54, 1.807) is 0 Å². The zero-order valence-electron chi connectivity index (χ0n) is 6.56. The van der Waals surface area contributed by atoms with E-state index in [2.05, 4.69) is 30.7 Å². The van der Waals surface area contributed by atoms with Crippen molar-refractivity contribution in [3.8, 4) is 0 Å². The van der Waals surface area contributed by atoms with Crippen LogP contribution in [0, 0.1) is 0 Å². The predicted molar refractivity (Wildman–Crippen MR) is 46.3 cm³/mol. The summed E-state index contributed by atoms with van der Waals surface area (Å²) in [5, 5.41) is 0. The highest BCUT2D eigenvalue weighted by Gasteiger charge is 1.94. The van der Waals surface area contributed by atoms with Gasteiger partial charge in [0, 0.05) is 0 Å². The summed E-state index contributed by atoms with van der Waals surface area (Å²) >= 11 is 0. The van der Waals surface area contributed by atoms with Gasteiger partial charge in [0.2, 0.25) is 0 Å². The highest BCUT2D eigenvalue weighted by atomic mass is 28.2. The van der Waals surface area contributed by atoms with E-state index in [1.165, 1.54) is 19.5 Å². The minimum Gasteiger partial charge on any atom is -0.326 e. The van der Waals surface area contributed by atoms with E-state index >= 15 is 0 Å². The average molecular weight is 143 g/mol. The van der Waals surface area contributed by atoms with Crippen LogP contribution in [0.3, 0.4) is 0 Å². The van der Waals surface area contributed by atoms with Crippen LogP contribution in [0.4, 0.5) is 0 Å². The highest BCUT2D eigenvalue weighted by Crippen LogP contribution is 1.86. The molecule has 9 heavy (non-hydrogen) atoms. The molecule has 0 saturated carbocycles. The molecule has 0 aromatic heterocycles. The molecule has 0 unspecified atom stereocenters. The van der Waals surface area contributed by atoms with Crippen molar-refractivity contribution in [1.82, 2.24) is 4.57 Å². The molecule has 0 N–H and O–H groups in total. The molecule has 0 radical (unpaired) electrons. The van der Waals surface area contributed by atoms with Crippen molar-refractivity contribution in [1.29, 1.82) is 0 Å². The van der Waals surface area contributed by atoms with Crippen LogP contribution in [-0.4, -0.2) is 27.3 Å². The Morgan fingerprint density at radius 1 is 1.56 bits per heavy atom. The lowest BCUT2D eigenvalue weighted by Crippen LogP contribution is -2.26. The Hall–Kier alpha value is -0.0831. The predicted octanol–water partition coefficient (Wildman–Crippen LogP) is 0.946. The first-order valence-electron chi connectivity index (χ1n) is 3.68. The maximum atomic E-state index is 3.75. The Morgan fingerprint density at radius 3 is 2.56 bits per heavy atom. The monoisotopic (exact) mass is 143 g/mol. The zero-order valence-corrected chi connectivity index (χ0v) is 7.97. The third kappa shape index (κ3) is 4.42. The third-order valence-corrected chi connectivity index (χ3v) is 2.91. The molecular weight excluding hydrogens is 126 g/mol. The summed E-state index contributed by atoms with van der Waals surface area (Å²) in [5.41, 5.74) is 2.10. The largest absolute Gasteiger partial charge is 0.326 e. The fourth-order valence-corrected chi connectivity index (χ4v) is 2.00. The van der Waals surface area contributed by atoms with E-state index in [9.17, 15) is 0 Å². The van der Waals surface area contributed by atoms with Gasteiger partial charge in [-0.15, -0.1) is 6.58 Å². The maximum Gasteiger partial charge on any atom is 0.119 e. The Bertz CT molecular complexity index is 73.3. The molecule has 0 rings (SSSR count). The van der Waals surface area contributed by atoms with Crippen LogP contribution < -0.4 is 0 Å². The van der Waals surface area contributed by atoms with E-state index < -0.39 is 0 Å². The van der Waals surface area contributed by atoms with Gasteiger partial charge in [0.1, 0.15) is 9.68 Å². The summed E-state index contributed by atoms with van der Waals surface area (Å²) in [6.45, 7) is 10.6. The molecule has 0 heterocycles. The fraction of sp³-hybridized carbons (Fsp3) is 0.714. The number of hydrogen-bond acceptors (Lipinski definition) is 1. The maximum absolute atomic E-state index is 3.75. The molecule has 0 aliphatic heterocycles. The summed E-state index contributed by atoms with van der Waals surface area (Å²) in [6.07, 6.45) is 1.27. The van der Waals surface area contributed by atoms with Gasteiger partial charge in [0.05, 0.1) is 0 Å². The van der Waals surface area contributed by atoms with Crippen molar-refractivity contribution >= 4 is 9.68 Å². The van der Waals surface area contributed by atoms with Crippen LogP contribution in [0.15, 0.2) is 12.3 Å². The Kier molecular flexibility index (Phi) is 5.99. The Morgan fingerprint density at radius 2 is 2.22 bits per heavy atom. The lowest BCUT2D eigenvalue weighted by Gasteiger charge is -2.15. The highest BCUT2D eigenvalue weighted by molar-refractivity contribution is 6.38. The molecule has 0 aliphatic rings. The van der Waals surface area contributed by atoms with Gasteiger partial charge in [-0.05, 0) is 19.5 Å². The first kappa shape index (κ1) is 8.92. The van der Waals surface area contributed by atoms with Gasteiger partial charge < -0.3 is 4.57 Å². The van der Waals surface area contributed by atoms with Gasteiger partial charge in [-0.3, -0.25) is 0 Å². The topological polar surface area (TPSA) is 3.24 Å². The molecule has 0 bridgehead atoms. The van der Waals surface area contributed by atoms with E-state index in [4.69, 9.17) is 0 Å². The molecule has 0 fully saturated rings. The molecule has 1 nitrogen and oxygen atoms in total. The van der Waals surface area contributed by atoms with Crippen LogP contribution in [0.25, 0.3) is 0 Å². The normalized spacial score (nSPS) is 11.4. The van der Waals surface area contributed by atoms with E-state index in [0.29, 0.717) is 0 Å². The fourth-order valence-electron chi connectivity index (χ4n) is 0.877. The summed E-state index contributed by atoms with van der Waals surface area (Å²) in [4.78, 5) is 0. The van der Waals surface area contributed by atoms with Crippen molar-refractivity contribution < 1.29 is 0 Å². The standard InChI is InChI=1S/C7H17NSi/c1-4-7-8(5-2)9-6-3/h6H,3-5,7,9H2,1-2H3. The Labute approximate surface area is 60.7 Å². The molecule has 2 heteroatoms. The second-order valence-electron chi connectivity index (χ2n) is 2.18. The van der Waals surface area contributed by atoms with Crippen LogP contribution in [0.1, 0.15) is 20.3 Å². The third-order valence-electron chi connectivity index (χ3n) is 1.37. The molecule has 0 saturated heterocycles. The molecule has 0 amide bonds. The quantitative estimate of drug-likeness (QED) is 0.518. The van der Waals surface area contributed by atoms with E-state index in [1.807, 2.05) is 0 Å². The first-order chi connectivity index (χ1) is 4.35. The van der Waals surface area contributed by atoms with Crippen LogP contribution in [0.5, 0.6) is 0 Å². The molecule has 0 aliphatic carbocycles. The van der Waals surface area contributed by atoms with E-state index in [-0.39, 0.29) is 9.68 Å². The average Bonchev–Trinajstić information content (AvgIpc) is 1.88. The zero-order chi connectivity index (χ0) is 7.11.